The van der Waals surface area contributed by atoms with E-state index in [1.54, 1.807) is 11.3 Å². The molecule has 1 aromatic heterocycles. The predicted octanol–water partition coefficient (Wildman–Crippen LogP) is 1.29. The summed E-state index contributed by atoms with van der Waals surface area (Å²) in [6, 6.07) is 2.32. The van der Waals surface area contributed by atoms with Gasteiger partial charge >= 0.3 is 5.97 Å². The van der Waals surface area contributed by atoms with Crippen LogP contribution in [0.3, 0.4) is 0 Å². The highest BCUT2D eigenvalue weighted by Crippen LogP contribution is 2.32. The molecule has 0 bridgehead atoms. The van der Waals surface area contributed by atoms with Crippen molar-refractivity contribution in [1.82, 2.24) is 10.2 Å². The molecule has 2 N–H and O–H groups in total. The number of rotatable bonds is 4. The summed E-state index contributed by atoms with van der Waals surface area (Å²) in [5.41, 5.74) is 1.29. The Morgan fingerprint density at radius 1 is 1.58 bits per heavy atom. The maximum Gasteiger partial charge on any atom is 0.322 e. The van der Waals surface area contributed by atoms with E-state index >= 15 is 0 Å². The van der Waals surface area contributed by atoms with Gasteiger partial charge in [-0.3, -0.25) is 14.5 Å². The number of amides is 1. The Morgan fingerprint density at radius 2 is 2.32 bits per heavy atom. The lowest BCUT2D eigenvalue weighted by molar-refractivity contribution is -0.138. The fourth-order valence-corrected chi connectivity index (χ4v) is 3.15. The van der Waals surface area contributed by atoms with Gasteiger partial charge in [0, 0.05) is 17.5 Å². The lowest BCUT2D eigenvalue weighted by atomic mass is 10.0. The highest BCUT2D eigenvalue weighted by molar-refractivity contribution is 7.10. The number of thiophene rings is 1. The van der Waals surface area contributed by atoms with Gasteiger partial charge in [0.2, 0.25) is 5.91 Å². The number of fused-ring (bicyclic) bond motifs is 1. The first kappa shape index (κ1) is 15.9. The van der Waals surface area contributed by atoms with E-state index in [9.17, 15) is 9.59 Å². The number of carbonyl (C=O) groups is 2. The minimum absolute atomic E-state index is 0. The number of hydrogen-bond donors (Lipinski definition) is 2. The monoisotopic (exact) mass is 304 g/mol. The van der Waals surface area contributed by atoms with Gasteiger partial charge in [-0.15, -0.1) is 23.7 Å². The van der Waals surface area contributed by atoms with Gasteiger partial charge in [0.1, 0.15) is 6.54 Å². The Kier molecular flexibility index (Phi) is 5.78. The van der Waals surface area contributed by atoms with Crippen molar-refractivity contribution >= 4 is 35.6 Å². The molecule has 1 aliphatic rings. The second kappa shape index (κ2) is 6.88. The molecule has 1 unspecified atom stereocenters. The third-order valence-corrected chi connectivity index (χ3v) is 4.18. The second-order valence-corrected chi connectivity index (χ2v) is 5.37. The highest BCUT2D eigenvalue weighted by Gasteiger charge is 2.25. The van der Waals surface area contributed by atoms with Crippen LogP contribution < -0.4 is 5.32 Å². The Balaban J connectivity index is 0.00000180. The summed E-state index contributed by atoms with van der Waals surface area (Å²) < 4.78 is 0. The number of nitrogens with one attached hydrogen (secondary N) is 1. The Labute approximate surface area is 122 Å². The zero-order valence-electron chi connectivity index (χ0n) is 10.6. The SMILES string of the molecule is CC1c2ccsc2CCN1CC(=O)NCC(=O)O.Cl. The molecule has 19 heavy (non-hydrogen) atoms. The van der Waals surface area contributed by atoms with E-state index in [1.807, 2.05) is 0 Å². The number of carboxylic acid groups (broad SMARTS) is 1. The molecule has 1 aliphatic heterocycles. The zero-order valence-corrected chi connectivity index (χ0v) is 12.2. The van der Waals surface area contributed by atoms with E-state index in [0.717, 1.165) is 13.0 Å². The third kappa shape index (κ3) is 3.92. The first-order chi connectivity index (χ1) is 8.58. The minimum Gasteiger partial charge on any atom is -0.480 e. The molecule has 106 valence electrons. The van der Waals surface area contributed by atoms with Crippen molar-refractivity contribution in [3.63, 3.8) is 0 Å². The number of carboxylic acids is 1. The number of nitrogens with zero attached hydrogens (tertiary/aromatic N) is 1. The van der Waals surface area contributed by atoms with E-state index in [-0.39, 0.29) is 37.4 Å². The van der Waals surface area contributed by atoms with E-state index < -0.39 is 5.97 Å². The molecular formula is C12H17ClN2O3S. The van der Waals surface area contributed by atoms with Gasteiger partial charge in [-0.25, -0.2) is 0 Å². The summed E-state index contributed by atoms with van der Waals surface area (Å²) in [6.45, 7) is 2.86. The number of carbonyl (C=O) groups excluding carboxylic acids is 1. The quantitative estimate of drug-likeness (QED) is 0.879. The molecular weight excluding hydrogens is 288 g/mol. The summed E-state index contributed by atoms with van der Waals surface area (Å²) in [5, 5.41) is 13.0. The molecule has 0 saturated heterocycles. The summed E-state index contributed by atoms with van der Waals surface area (Å²) in [6.07, 6.45) is 0.962. The van der Waals surface area contributed by atoms with E-state index in [4.69, 9.17) is 5.11 Å². The maximum atomic E-state index is 11.6. The second-order valence-electron chi connectivity index (χ2n) is 4.37. The van der Waals surface area contributed by atoms with Crippen molar-refractivity contribution in [3.8, 4) is 0 Å². The van der Waals surface area contributed by atoms with Gasteiger partial charge in [0.15, 0.2) is 0 Å². The number of halogens is 1. The largest absolute Gasteiger partial charge is 0.480 e. The molecule has 0 spiro atoms. The van der Waals surface area contributed by atoms with Gasteiger partial charge < -0.3 is 10.4 Å². The molecule has 2 rings (SSSR count). The standard InChI is InChI=1S/C12H16N2O3S.ClH/c1-8-9-3-5-18-10(9)2-4-14(8)7-11(15)13-6-12(16)17;/h3,5,8H,2,4,6-7H2,1H3,(H,13,15)(H,16,17);1H. The van der Waals surface area contributed by atoms with Crippen LogP contribution in [-0.4, -0.2) is 41.5 Å². The van der Waals surface area contributed by atoms with Crippen LogP contribution in [0.2, 0.25) is 0 Å². The van der Waals surface area contributed by atoms with Crippen molar-refractivity contribution in [1.29, 1.82) is 0 Å². The van der Waals surface area contributed by atoms with Crippen molar-refractivity contribution in [2.24, 2.45) is 0 Å². The molecule has 0 aromatic carbocycles. The zero-order chi connectivity index (χ0) is 13.1. The number of hydrogen-bond acceptors (Lipinski definition) is 4. The van der Waals surface area contributed by atoms with E-state index in [2.05, 4.69) is 28.6 Å². The van der Waals surface area contributed by atoms with Crippen molar-refractivity contribution in [2.45, 2.75) is 19.4 Å². The highest BCUT2D eigenvalue weighted by atomic mass is 35.5. The molecule has 7 heteroatoms. The van der Waals surface area contributed by atoms with Gasteiger partial charge in [0.25, 0.3) is 0 Å². The lowest BCUT2D eigenvalue weighted by Crippen LogP contribution is -2.42. The average molecular weight is 305 g/mol. The van der Waals surface area contributed by atoms with Gasteiger partial charge in [-0.05, 0) is 30.4 Å². The minimum atomic E-state index is -1.02. The van der Waals surface area contributed by atoms with E-state index in [0.29, 0.717) is 0 Å². The number of aliphatic carboxylic acids is 1. The van der Waals surface area contributed by atoms with Crippen LogP contribution in [0.5, 0.6) is 0 Å². The Hall–Kier alpha value is -1.11. The van der Waals surface area contributed by atoms with Crippen molar-refractivity contribution in [3.05, 3.63) is 21.9 Å². The van der Waals surface area contributed by atoms with Crippen LogP contribution in [0.15, 0.2) is 11.4 Å². The summed E-state index contributed by atoms with van der Waals surface area (Å²) in [4.78, 5) is 25.4. The predicted molar refractivity (Wildman–Crippen MR) is 75.9 cm³/mol. The van der Waals surface area contributed by atoms with E-state index in [1.165, 1.54) is 10.4 Å². The average Bonchev–Trinajstić information content (AvgIpc) is 2.79. The molecule has 1 aromatic rings. The topological polar surface area (TPSA) is 69.6 Å². The molecule has 0 saturated carbocycles. The van der Waals surface area contributed by atoms with Gasteiger partial charge in [0.05, 0.1) is 6.54 Å². The fourth-order valence-electron chi connectivity index (χ4n) is 2.19. The Morgan fingerprint density at radius 3 is 3.00 bits per heavy atom. The van der Waals surface area contributed by atoms with Gasteiger partial charge in [-0.1, -0.05) is 0 Å². The maximum absolute atomic E-state index is 11.6. The Bertz CT molecular complexity index is 464. The first-order valence-electron chi connectivity index (χ1n) is 5.86. The van der Waals surface area contributed by atoms with Crippen LogP contribution in [-0.2, 0) is 16.0 Å². The molecule has 0 fully saturated rings. The van der Waals surface area contributed by atoms with Crippen molar-refractivity contribution < 1.29 is 14.7 Å². The van der Waals surface area contributed by atoms with Crippen LogP contribution in [0.1, 0.15) is 23.4 Å². The lowest BCUT2D eigenvalue weighted by Gasteiger charge is -2.32. The normalized spacial score (nSPS) is 18.3. The first-order valence-corrected chi connectivity index (χ1v) is 6.74. The molecule has 1 amide bonds. The molecule has 0 radical (unpaired) electrons. The molecule has 0 aliphatic carbocycles. The van der Waals surface area contributed by atoms with Crippen LogP contribution in [0.4, 0.5) is 0 Å². The molecule has 1 atom stereocenters. The van der Waals surface area contributed by atoms with Crippen LogP contribution in [0, 0.1) is 0 Å². The van der Waals surface area contributed by atoms with Crippen molar-refractivity contribution in [2.75, 3.05) is 19.6 Å². The smallest absolute Gasteiger partial charge is 0.322 e. The molecule has 2 heterocycles. The summed E-state index contributed by atoms with van der Waals surface area (Å²) >= 11 is 1.76. The molecule has 5 nitrogen and oxygen atoms in total. The summed E-state index contributed by atoms with van der Waals surface area (Å²) in [5.74, 6) is -1.25. The van der Waals surface area contributed by atoms with Crippen LogP contribution in [0.25, 0.3) is 0 Å². The third-order valence-electron chi connectivity index (χ3n) is 3.19. The summed E-state index contributed by atoms with van der Waals surface area (Å²) in [7, 11) is 0. The fraction of sp³-hybridized carbons (Fsp3) is 0.500. The van der Waals surface area contributed by atoms with Gasteiger partial charge in [-0.2, -0.15) is 0 Å². The van der Waals surface area contributed by atoms with Crippen LogP contribution >= 0.6 is 23.7 Å².